The van der Waals surface area contributed by atoms with E-state index in [2.05, 4.69) is 21.2 Å². The first-order chi connectivity index (χ1) is 10.0. The van der Waals surface area contributed by atoms with Crippen LogP contribution in [0.2, 0.25) is 0 Å². The first-order valence-electron chi connectivity index (χ1n) is 6.45. The lowest BCUT2D eigenvalue weighted by Gasteiger charge is -2.07. The van der Waals surface area contributed by atoms with E-state index in [0.29, 0.717) is 15.7 Å². The van der Waals surface area contributed by atoms with Crippen LogP contribution in [0.4, 0.5) is 5.13 Å². The zero-order valence-corrected chi connectivity index (χ0v) is 12.5. The summed E-state index contributed by atoms with van der Waals surface area (Å²) in [4.78, 5) is 15.1. The summed E-state index contributed by atoms with van der Waals surface area (Å²) in [7, 11) is 0. The van der Waals surface area contributed by atoms with Gasteiger partial charge in [0.2, 0.25) is 5.13 Å². The monoisotopic (exact) mass is 298 g/mol. The van der Waals surface area contributed by atoms with E-state index in [1.165, 1.54) is 16.9 Å². The van der Waals surface area contributed by atoms with Crippen LogP contribution in [0.15, 0.2) is 35.1 Å². The molecule has 0 aliphatic rings. The molecular weight excluding hydrogens is 284 g/mol. The molecule has 0 aliphatic carbocycles. The van der Waals surface area contributed by atoms with Crippen molar-refractivity contribution in [1.29, 1.82) is 0 Å². The molecule has 0 saturated heterocycles. The van der Waals surface area contributed by atoms with Crippen molar-refractivity contribution in [3.8, 4) is 21.8 Å². The topological polar surface area (TPSA) is 84.7 Å². The first-order valence-corrected chi connectivity index (χ1v) is 7.26. The lowest BCUT2D eigenvalue weighted by Crippen LogP contribution is -2.09. The van der Waals surface area contributed by atoms with Crippen LogP contribution in [0.25, 0.3) is 21.8 Å². The Morgan fingerprint density at radius 2 is 1.86 bits per heavy atom. The van der Waals surface area contributed by atoms with Crippen LogP contribution in [0.3, 0.4) is 0 Å². The fraction of sp³-hybridized carbons (Fsp3) is 0.133. The van der Waals surface area contributed by atoms with Crippen molar-refractivity contribution >= 4 is 16.5 Å². The molecule has 0 bridgehead atoms. The van der Waals surface area contributed by atoms with Gasteiger partial charge in [0.25, 0.3) is 5.56 Å². The molecule has 0 spiro atoms. The molecule has 3 N–H and O–H groups in total. The van der Waals surface area contributed by atoms with E-state index >= 15 is 0 Å². The Kier molecular flexibility index (Phi) is 3.31. The molecule has 21 heavy (non-hydrogen) atoms. The quantitative estimate of drug-likeness (QED) is 0.762. The highest BCUT2D eigenvalue weighted by Crippen LogP contribution is 2.25. The van der Waals surface area contributed by atoms with Crippen molar-refractivity contribution in [3.05, 3.63) is 51.8 Å². The number of benzene rings is 1. The van der Waals surface area contributed by atoms with Crippen molar-refractivity contribution in [1.82, 2.24) is 15.2 Å². The van der Waals surface area contributed by atoms with Crippen molar-refractivity contribution < 1.29 is 0 Å². The zero-order chi connectivity index (χ0) is 15.0. The van der Waals surface area contributed by atoms with Gasteiger partial charge in [-0.1, -0.05) is 35.1 Å². The van der Waals surface area contributed by atoms with E-state index < -0.39 is 0 Å². The predicted octanol–water partition coefficient (Wildman–Crippen LogP) is 2.76. The maximum Gasteiger partial charge on any atom is 0.258 e. The van der Waals surface area contributed by atoms with Crippen molar-refractivity contribution in [2.45, 2.75) is 13.8 Å². The van der Waals surface area contributed by atoms with Crippen molar-refractivity contribution in [2.24, 2.45) is 0 Å². The third kappa shape index (κ3) is 2.57. The van der Waals surface area contributed by atoms with E-state index in [1.807, 2.05) is 32.0 Å². The van der Waals surface area contributed by atoms with E-state index in [-0.39, 0.29) is 5.56 Å². The number of hydrogen-bond acceptors (Lipinski definition) is 5. The molecule has 0 aliphatic heterocycles. The minimum absolute atomic E-state index is 0.191. The number of nitrogens with zero attached hydrogens (tertiary/aromatic N) is 2. The fourth-order valence-corrected chi connectivity index (χ4v) is 2.89. The van der Waals surface area contributed by atoms with Crippen molar-refractivity contribution in [2.75, 3.05) is 5.73 Å². The molecule has 6 heteroatoms. The summed E-state index contributed by atoms with van der Waals surface area (Å²) in [5, 5.41) is 8.51. The summed E-state index contributed by atoms with van der Waals surface area (Å²) in [6.07, 6.45) is 0. The Labute approximate surface area is 125 Å². The van der Waals surface area contributed by atoms with E-state index in [1.54, 1.807) is 6.07 Å². The van der Waals surface area contributed by atoms with Crippen LogP contribution in [0.5, 0.6) is 0 Å². The summed E-state index contributed by atoms with van der Waals surface area (Å²) < 4.78 is 0. The third-order valence-electron chi connectivity index (χ3n) is 3.25. The Bertz CT molecular complexity index is 866. The molecule has 0 unspecified atom stereocenters. The van der Waals surface area contributed by atoms with Crippen LogP contribution in [-0.2, 0) is 0 Å². The summed E-state index contributed by atoms with van der Waals surface area (Å²) in [5.41, 5.74) is 9.97. The van der Waals surface area contributed by atoms with Crippen LogP contribution in [-0.4, -0.2) is 15.2 Å². The van der Waals surface area contributed by atoms with Gasteiger partial charge >= 0.3 is 0 Å². The van der Waals surface area contributed by atoms with Gasteiger partial charge in [0.1, 0.15) is 0 Å². The smallest absolute Gasteiger partial charge is 0.258 e. The number of anilines is 1. The van der Waals surface area contributed by atoms with E-state index in [9.17, 15) is 4.79 Å². The number of rotatable bonds is 2. The largest absolute Gasteiger partial charge is 0.374 e. The van der Waals surface area contributed by atoms with Gasteiger partial charge in [0.05, 0.1) is 5.56 Å². The Morgan fingerprint density at radius 1 is 1.10 bits per heavy atom. The summed E-state index contributed by atoms with van der Waals surface area (Å²) in [5.74, 6) is 0. The maximum atomic E-state index is 12.2. The first kappa shape index (κ1) is 13.5. The molecule has 5 nitrogen and oxygen atoms in total. The fourth-order valence-electron chi connectivity index (χ4n) is 2.26. The lowest BCUT2D eigenvalue weighted by atomic mass is 10.0. The average molecular weight is 298 g/mol. The number of aromatic amines is 1. The zero-order valence-electron chi connectivity index (χ0n) is 11.7. The molecule has 0 amide bonds. The molecule has 1 aromatic carbocycles. The molecule has 0 fully saturated rings. The maximum absolute atomic E-state index is 12.2. The van der Waals surface area contributed by atoms with Gasteiger partial charge in [-0.15, -0.1) is 10.2 Å². The molecule has 106 valence electrons. The second-order valence-electron chi connectivity index (χ2n) is 4.88. The van der Waals surface area contributed by atoms with Gasteiger partial charge in [-0.25, -0.2) is 0 Å². The van der Waals surface area contributed by atoms with Gasteiger partial charge in [-0.05, 0) is 31.5 Å². The van der Waals surface area contributed by atoms with Crippen LogP contribution >= 0.6 is 11.3 Å². The highest BCUT2D eigenvalue weighted by atomic mass is 32.1. The lowest BCUT2D eigenvalue weighted by molar-refractivity contribution is 1.10. The SMILES string of the molecule is Cc1ccc(-c2ccc(-c3nnc(N)s3)c(=O)[nH]2)c(C)c1. The number of pyridine rings is 1. The van der Waals surface area contributed by atoms with Crippen LogP contribution in [0.1, 0.15) is 11.1 Å². The second kappa shape index (κ2) is 5.14. The van der Waals surface area contributed by atoms with Gasteiger partial charge < -0.3 is 10.7 Å². The molecule has 3 aromatic rings. The number of nitrogens with two attached hydrogens (primary N) is 1. The number of aromatic nitrogens is 3. The number of hydrogen-bond donors (Lipinski definition) is 2. The molecule has 0 saturated carbocycles. The summed E-state index contributed by atoms with van der Waals surface area (Å²) in [6.45, 7) is 4.07. The third-order valence-corrected chi connectivity index (χ3v) is 4.04. The van der Waals surface area contributed by atoms with Gasteiger partial charge in [0, 0.05) is 11.3 Å². The molecule has 3 rings (SSSR count). The standard InChI is InChI=1S/C15H14N4OS/c1-8-3-4-10(9(2)7-8)12-6-5-11(13(20)17-12)14-18-19-15(16)21-14/h3-7H,1-2H3,(H2,16,19)(H,17,20). The average Bonchev–Trinajstić information content (AvgIpc) is 2.85. The Morgan fingerprint density at radius 3 is 2.48 bits per heavy atom. The predicted molar refractivity (Wildman–Crippen MR) is 85.3 cm³/mol. The molecule has 0 radical (unpaired) electrons. The van der Waals surface area contributed by atoms with E-state index in [0.717, 1.165) is 16.8 Å². The number of nitrogen functional groups attached to an aromatic ring is 1. The number of nitrogens with one attached hydrogen (secondary N) is 1. The van der Waals surface area contributed by atoms with Crippen LogP contribution in [0, 0.1) is 13.8 Å². The minimum atomic E-state index is -0.191. The van der Waals surface area contributed by atoms with Crippen molar-refractivity contribution in [3.63, 3.8) is 0 Å². The number of aryl methyl sites for hydroxylation is 2. The Hall–Kier alpha value is -2.47. The van der Waals surface area contributed by atoms with Gasteiger partial charge in [-0.3, -0.25) is 4.79 Å². The highest BCUT2D eigenvalue weighted by Gasteiger charge is 2.11. The molecular formula is C15H14N4OS. The molecule has 2 heterocycles. The Balaban J connectivity index is 2.07. The van der Waals surface area contributed by atoms with E-state index in [4.69, 9.17) is 5.73 Å². The normalized spacial score (nSPS) is 10.8. The molecule has 2 aromatic heterocycles. The van der Waals surface area contributed by atoms with Crippen LogP contribution < -0.4 is 11.3 Å². The summed E-state index contributed by atoms with van der Waals surface area (Å²) in [6, 6.07) is 9.77. The number of H-pyrrole nitrogens is 1. The molecule has 0 atom stereocenters. The second-order valence-corrected chi connectivity index (χ2v) is 5.89. The van der Waals surface area contributed by atoms with Gasteiger partial charge in [-0.2, -0.15) is 0 Å². The highest BCUT2D eigenvalue weighted by molar-refractivity contribution is 7.18. The minimum Gasteiger partial charge on any atom is -0.374 e. The van der Waals surface area contributed by atoms with Gasteiger partial charge in [0.15, 0.2) is 5.01 Å². The summed E-state index contributed by atoms with van der Waals surface area (Å²) >= 11 is 1.20.